The predicted molar refractivity (Wildman–Crippen MR) is 78.2 cm³/mol. The molecule has 20 heavy (non-hydrogen) atoms. The second-order valence-corrected chi connectivity index (χ2v) is 7.49. The molecule has 1 aliphatic heterocycles. The van der Waals surface area contributed by atoms with Gasteiger partial charge in [0.25, 0.3) is 0 Å². The third kappa shape index (κ3) is 2.53. The maximum absolute atomic E-state index is 11.4. The molecule has 0 amide bonds. The highest BCUT2D eigenvalue weighted by Crippen LogP contribution is 2.29. The van der Waals surface area contributed by atoms with E-state index in [2.05, 4.69) is 15.0 Å². The normalized spacial score (nSPS) is 18.4. The van der Waals surface area contributed by atoms with Crippen molar-refractivity contribution in [1.29, 1.82) is 0 Å². The molecule has 0 spiro atoms. The lowest BCUT2D eigenvalue weighted by Crippen LogP contribution is -2.40. The SMILES string of the molecule is O=S1(=O)CCN(c2cc3c(Cl)ncnc3c(Cl)n2)CC1. The van der Waals surface area contributed by atoms with Crippen LogP contribution in [-0.4, -0.2) is 48.0 Å². The first-order valence-corrected chi connectivity index (χ1v) is 8.46. The summed E-state index contributed by atoms with van der Waals surface area (Å²) >= 11 is 12.1. The van der Waals surface area contributed by atoms with Gasteiger partial charge in [0.2, 0.25) is 0 Å². The van der Waals surface area contributed by atoms with Gasteiger partial charge in [0.1, 0.15) is 22.8 Å². The standard InChI is InChI=1S/C11H10Cl2N4O2S/c12-10-7-5-8(16-11(13)9(7)14-6-15-10)17-1-3-20(18,19)4-2-17/h5-6H,1-4H2. The van der Waals surface area contributed by atoms with E-state index in [0.717, 1.165) is 0 Å². The summed E-state index contributed by atoms with van der Waals surface area (Å²) in [5, 5.41) is 1.14. The van der Waals surface area contributed by atoms with Crippen LogP contribution in [0.3, 0.4) is 0 Å². The summed E-state index contributed by atoms with van der Waals surface area (Å²) in [6.45, 7) is 0.783. The van der Waals surface area contributed by atoms with E-state index >= 15 is 0 Å². The molecule has 2 aromatic heterocycles. The molecule has 0 N–H and O–H groups in total. The molecule has 0 aliphatic carbocycles. The number of nitrogens with zero attached hydrogens (tertiary/aromatic N) is 4. The van der Waals surface area contributed by atoms with Crippen molar-refractivity contribution < 1.29 is 8.42 Å². The van der Waals surface area contributed by atoms with Crippen LogP contribution in [0.5, 0.6) is 0 Å². The van der Waals surface area contributed by atoms with Crippen LogP contribution in [0.15, 0.2) is 12.4 Å². The van der Waals surface area contributed by atoms with Crippen molar-refractivity contribution in [3.05, 3.63) is 22.7 Å². The highest BCUT2D eigenvalue weighted by molar-refractivity contribution is 7.91. The summed E-state index contributed by atoms with van der Waals surface area (Å²) in [5.74, 6) is 0.821. The van der Waals surface area contributed by atoms with Crippen molar-refractivity contribution >= 4 is 49.8 Å². The Morgan fingerprint density at radius 1 is 1.10 bits per heavy atom. The van der Waals surface area contributed by atoms with Crippen LogP contribution in [0.1, 0.15) is 0 Å². The van der Waals surface area contributed by atoms with E-state index in [9.17, 15) is 8.42 Å². The van der Waals surface area contributed by atoms with Gasteiger partial charge in [-0.25, -0.2) is 23.4 Å². The van der Waals surface area contributed by atoms with Gasteiger partial charge in [-0.2, -0.15) is 0 Å². The van der Waals surface area contributed by atoms with Gasteiger partial charge in [-0.15, -0.1) is 0 Å². The first-order valence-electron chi connectivity index (χ1n) is 5.88. The maximum Gasteiger partial charge on any atom is 0.157 e. The molecule has 3 rings (SSSR count). The van der Waals surface area contributed by atoms with Gasteiger partial charge >= 0.3 is 0 Å². The number of rotatable bonds is 1. The molecule has 1 aliphatic rings. The van der Waals surface area contributed by atoms with Crippen LogP contribution in [0.4, 0.5) is 5.82 Å². The zero-order valence-electron chi connectivity index (χ0n) is 10.3. The number of anilines is 1. The van der Waals surface area contributed by atoms with Crippen LogP contribution < -0.4 is 4.90 Å². The Morgan fingerprint density at radius 3 is 2.50 bits per heavy atom. The lowest BCUT2D eigenvalue weighted by atomic mass is 10.3. The van der Waals surface area contributed by atoms with Crippen molar-refractivity contribution in [3.63, 3.8) is 0 Å². The second kappa shape index (κ2) is 4.98. The second-order valence-electron chi connectivity index (χ2n) is 4.47. The summed E-state index contributed by atoms with van der Waals surface area (Å²) in [4.78, 5) is 14.1. The molecule has 2 aromatic rings. The van der Waals surface area contributed by atoms with Crippen LogP contribution in [0.2, 0.25) is 10.3 Å². The summed E-state index contributed by atoms with van der Waals surface area (Å²) in [6.07, 6.45) is 1.32. The van der Waals surface area contributed by atoms with E-state index in [4.69, 9.17) is 23.2 Å². The minimum absolute atomic E-state index is 0.114. The number of sulfone groups is 1. The Labute approximate surface area is 125 Å². The van der Waals surface area contributed by atoms with Crippen LogP contribution in [0, 0.1) is 0 Å². The Morgan fingerprint density at radius 2 is 1.80 bits per heavy atom. The largest absolute Gasteiger partial charge is 0.355 e. The molecular formula is C11H10Cl2N4O2S. The van der Waals surface area contributed by atoms with Gasteiger partial charge in [-0.3, -0.25) is 0 Å². The summed E-state index contributed by atoms with van der Waals surface area (Å²) in [7, 11) is -2.94. The Balaban J connectivity index is 2.03. The molecule has 9 heteroatoms. The van der Waals surface area contributed by atoms with Gasteiger partial charge in [-0.05, 0) is 6.07 Å². The summed E-state index contributed by atoms with van der Waals surface area (Å²) in [6, 6.07) is 1.74. The third-order valence-corrected chi connectivity index (χ3v) is 5.36. The summed E-state index contributed by atoms with van der Waals surface area (Å²) in [5.41, 5.74) is 0.486. The maximum atomic E-state index is 11.4. The van der Waals surface area contributed by atoms with Gasteiger partial charge < -0.3 is 4.90 Å². The fourth-order valence-electron chi connectivity index (χ4n) is 2.08. The molecule has 3 heterocycles. The number of fused-ring (bicyclic) bond motifs is 1. The first-order chi connectivity index (χ1) is 9.46. The van der Waals surface area contributed by atoms with Gasteiger partial charge in [0.15, 0.2) is 15.0 Å². The highest BCUT2D eigenvalue weighted by Gasteiger charge is 2.23. The molecule has 1 saturated heterocycles. The van der Waals surface area contributed by atoms with E-state index in [1.165, 1.54) is 6.33 Å². The van der Waals surface area contributed by atoms with E-state index in [-0.39, 0.29) is 16.7 Å². The monoisotopic (exact) mass is 332 g/mol. The Kier molecular flexibility index (Phi) is 3.43. The molecule has 0 bridgehead atoms. The van der Waals surface area contributed by atoms with E-state index in [1.54, 1.807) is 6.07 Å². The lowest BCUT2D eigenvalue weighted by molar-refractivity contribution is 0.586. The molecule has 0 unspecified atom stereocenters. The predicted octanol–water partition coefficient (Wildman–Crippen LogP) is 1.57. The smallest absolute Gasteiger partial charge is 0.157 e. The van der Waals surface area contributed by atoms with Crippen LogP contribution in [-0.2, 0) is 9.84 Å². The fraction of sp³-hybridized carbons (Fsp3) is 0.364. The van der Waals surface area contributed by atoms with Crippen LogP contribution in [0.25, 0.3) is 10.9 Å². The average Bonchev–Trinajstić information content (AvgIpc) is 2.40. The summed E-state index contributed by atoms with van der Waals surface area (Å²) < 4.78 is 22.9. The number of hydrogen-bond acceptors (Lipinski definition) is 6. The molecule has 0 aromatic carbocycles. The van der Waals surface area contributed by atoms with Crippen molar-refractivity contribution in [3.8, 4) is 0 Å². The van der Waals surface area contributed by atoms with Crippen molar-refractivity contribution in [2.45, 2.75) is 0 Å². The molecule has 0 radical (unpaired) electrons. The number of pyridine rings is 1. The topological polar surface area (TPSA) is 76.1 Å². The number of hydrogen-bond donors (Lipinski definition) is 0. The minimum Gasteiger partial charge on any atom is -0.355 e. The molecular weight excluding hydrogens is 323 g/mol. The fourth-order valence-corrected chi connectivity index (χ4v) is 3.71. The minimum atomic E-state index is -2.94. The van der Waals surface area contributed by atoms with Gasteiger partial charge in [0, 0.05) is 18.5 Å². The Bertz CT molecular complexity index is 767. The number of aromatic nitrogens is 3. The lowest BCUT2D eigenvalue weighted by Gasteiger charge is -2.27. The Hall–Kier alpha value is -1.18. The molecule has 0 saturated carbocycles. The van der Waals surface area contributed by atoms with Gasteiger partial charge in [0.05, 0.1) is 11.5 Å². The average molecular weight is 333 g/mol. The highest BCUT2D eigenvalue weighted by atomic mass is 35.5. The first kappa shape index (κ1) is 13.8. The van der Waals surface area contributed by atoms with E-state index in [0.29, 0.717) is 35.0 Å². The molecule has 106 valence electrons. The molecule has 0 atom stereocenters. The van der Waals surface area contributed by atoms with E-state index in [1.807, 2.05) is 4.90 Å². The zero-order valence-corrected chi connectivity index (χ0v) is 12.6. The van der Waals surface area contributed by atoms with Gasteiger partial charge in [-0.1, -0.05) is 23.2 Å². The van der Waals surface area contributed by atoms with Crippen molar-refractivity contribution in [2.75, 3.05) is 29.5 Å². The van der Waals surface area contributed by atoms with E-state index < -0.39 is 9.84 Å². The molecule has 1 fully saturated rings. The quantitative estimate of drug-likeness (QED) is 0.582. The molecule has 6 nitrogen and oxygen atoms in total. The van der Waals surface area contributed by atoms with Crippen molar-refractivity contribution in [1.82, 2.24) is 15.0 Å². The number of halogens is 2. The zero-order chi connectivity index (χ0) is 14.3. The third-order valence-electron chi connectivity index (χ3n) is 3.19. The van der Waals surface area contributed by atoms with Crippen molar-refractivity contribution in [2.24, 2.45) is 0 Å². The van der Waals surface area contributed by atoms with Crippen LogP contribution >= 0.6 is 23.2 Å².